The number of methoxy groups -OCH3 is 1. The third-order valence-electron chi connectivity index (χ3n) is 8.33. The van der Waals surface area contributed by atoms with Gasteiger partial charge < -0.3 is 25.4 Å². The molecule has 208 valence electrons. The molecule has 3 aliphatic heterocycles. The molecule has 2 bridgehead atoms. The molecule has 9 heteroatoms. The monoisotopic (exact) mass is 551 g/mol. The number of amides is 3. The number of unbranched alkanes of at least 4 members (excludes halogenated alkanes) is 3. The molecule has 5 rings (SSSR count). The molecule has 3 fully saturated rings. The molecule has 0 aliphatic carbocycles. The van der Waals surface area contributed by atoms with Crippen LogP contribution < -0.4 is 15.4 Å². The van der Waals surface area contributed by atoms with E-state index in [1.54, 1.807) is 48.0 Å². The summed E-state index contributed by atoms with van der Waals surface area (Å²) in [6.45, 7) is 1.03. The lowest BCUT2D eigenvalue weighted by atomic mass is 9.70. The van der Waals surface area contributed by atoms with Crippen molar-refractivity contribution in [1.29, 1.82) is 0 Å². The third kappa shape index (κ3) is 5.39. The molecule has 0 radical (unpaired) electrons. The van der Waals surface area contributed by atoms with Crippen molar-refractivity contribution in [3.05, 3.63) is 60.2 Å². The van der Waals surface area contributed by atoms with Gasteiger partial charge in [0.25, 0.3) is 0 Å². The van der Waals surface area contributed by atoms with Crippen molar-refractivity contribution >= 4 is 35.2 Å². The number of benzene rings is 2. The first-order valence-corrected chi connectivity index (χ1v) is 14.7. The smallest absolute Gasteiger partial charge is 0.248 e. The molecule has 3 aliphatic rings. The van der Waals surface area contributed by atoms with Gasteiger partial charge in [-0.2, -0.15) is 0 Å². The predicted molar refractivity (Wildman–Crippen MR) is 151 cm³/mol. The number of nitrogens with zero attached hydrogens (tertiary/aromatic N) is 1. The molecule has 1 spiro atoms. The van der Waals surface area contributed by atoms with Crippen LogP contribution in [0.4, 0.5) is 5.69 Å². The van der Waals surface area contributed by atoms with Crippen LogP contribution in [0.3, 0.4) is 0 Å². The van der Waals surface area contributed by atoms with Gasteiger partial charge in [-0.25, -0.2) is 0 Å². The van der Waals surface area contributed by atoms with Crippen LogP contribution in [-0.4, -0.2) is 64.0 Å². The Kier molecular flexibility index (Phi) is 8.47. The minimum absolute atomic E-state index is 0.0257. The van der Waals surface area contributed by atoms with Gasteiger partial charge in [0.2, 0.25) is 17.7 Å². The van der Waals surface area contributed by atoms with Gasteiger partial charge in [0, 0.05) is 30.6 Å². The van der Waals surface area contributed by atoms with E-state index < -0.39 is 22.6 Å². The summed E-state index contributed by atoms with van der Waals surface area (Å²) in [6, 6.07) is 16.3. The van der Waals surface area contributed by atoms with Gasteiger partial charge in [0.05, 0.1) is 23.7 Å². The van der Waals surface area contributed by atoms with Crippen LogP contribution in [0.2, 0.25) is 0 Å². The van der Waals surface area contributed by atoms with Crippen molar-refractivity contribution in [2.24, 2.45) is 11.8 Å². The Bertz CT molecular complexity index is 1180. The summed E-state index contributed by atoms with van der Waals surface area (Å²) >= 11 is 1.68. The van der Waals surface area contributed by atoms with E-state index in [1.165, 1.54) is 0 Å². The molecule has 3 saturated heterocycles. The number of likely N-dealkylation sites (tertiary alicyclic amines) is 1. The Morgan fingerprint density at radius 1 is 1.05 bits per heavy atom. The van der Waals surface area contributed by atoms with Gasteiger partial charge in [-0.1, -0.05) is 43.2 Å². The van der Waals surface area contributed by atoms with Crippen LogP contribution in [0.5, 0.6) is 5.75 Å². The zero-order chi connectivity index (χ0) is 27.4. The average molecular weight is 552 g/mol. The molecule has 39 heavy (non-hydrogen) atoms. The van der Waals surface area contributed by atoms with Gasteiger partial charge in [0.15, 0.2) is 0 Å². The lowest BCUT2D eigenvalue weighted by Gasteiger charge is -2.34. The number of anilines is 1. The molecule has 3 N–H and O–H groups in total. The Labute approximate surface area is 233 Å². The van der Waals surface area contributed by atoms with E-state index in [0.29, 0.717) is 24.5 Å². The number of fused-ring (bicyclic) bond motifs is 1. The quantitative estimate of drug-likeness (QED) is 0.348. The first kappa shape index (κ1) is 27.5. The molecule has 2 aromatic rings. The molecule has 2 aromatic carbocycles. The standard InChI is InChI=1S/C30H37N3O5S/c1-38-22-13-11-21(12-14-22)32-28(36)26-30-16-15-23(39-30)24(27(35)31-19-20-9-5-4-6-10-20)25(30)29(37)33(26)17-7-2-3-8-18-34/h4-6,9-14,23-26,34H,2-3,7-8,15-19H2,1H3,(H,31,35)(H,32,36)/t23-,24+,25+,26?,30?/m1/s1. The number of rotatable bonds is 12. The second-order valence-corrected chi connectivity index (χ2v) is 12.2. The van der Waals surface area contributed by atoms with Crippen LogP contribution in [0, 0.1) is 11.8 Å². The molecular weight excluding hydrogens is 514 g/mol. The summed E-state index contributed by atoms with van der Waals surface area (Å²) in [7, 11) is 1.59. The van der Waals surface area contributed by atoms with Gasteiger partial charge >= 0.3 is 0 Å². The number of carbonyl (C=O) groups is 3. The lowest BCUT2D eigenvalue weighted by Crippen LogP contribution is -2.51. The lowest BCUT2D eigenvalue weighted by molar-refractivity contribution is -0.139. The van der Waals surface area contributed by atoms with Crippen LogP contribution in [0.25, 0.3) is 0 Å². The zero-order valence-electron chi connectivity index (χ0n) is 22.3. The molecule has 8 nitrogen and oxygen atoms in total. The van der Waals surface area contributed by atoms with Crippen LogP contribution >= 0.6 is 11.8 Å². The first-order chi connectivity index (χ1) is 19.0. The minimum atomic E-state index is -0.642. The van der Waals surface area contributed by atoms with E-state index in [-0.39, 0.29) is 29.6 Å². The molecule has 0 saturated carbocycles. The molecule has 0 aromatic heterocycles. The predicted octanol–water partition coefficient (Wildman–Crippen LogP) is 3.59. The second-order valence-electron chi connectivity index (χ2n) is 10.6. The van der Waals surface area contributed by atoms with Crippen LogP contribution in [-0.2, 0) is 20.9 Å². The van der Waals surface area contributed by atoms with Crippen molar-refractivity contribution in [2.45, 2.75) is 61.1 Å². The summed E-state index contributed by atoms with van der Waals surface area (Å²) in [5.41, 5.74) is 1.65. The van der Waals surface area contributed by atoms with E-state index >= 15 is 0 Å². The summed E-state index contributed by atoms with van der Waals surface area (Å²) in [4.78, 5) is 43.2. The van der Waals surface area contributed by atoms with Crippen LogP contribution in [0.1, 0.15) is 44.1 Å². The number of hydrogen-bond donors (Lipinski definition) is 3. The highest BCUT2D eigenvalue weighted by Gasteiger charge is 2.73. The van der Waals surface area contributed by atoms with Crippen molar-refractivity contribution in [2.75, 3.05) is 25.6 Å². The number of nitrogens with one attached hydrogen (secondary N) is 2. The Morgan fingerprint density at radius 3 is 2.51 bits per heavy atom. The Morgan fingerprint density at radius 2 is 1.79 bits per heavy atom. The van der Waals surface area contributed by atoms with Crippen molar-refractivity contribution in [3.63, 3.8) is 0 Å². The average Bonchev–Trinajstić information content (AvgIpc) is 3.60. The van der Waals surface area contributed by atoms with Crippen LogP contribution in [0.15, 0.2) is 54.6 Å². The van der Waals surface area contributed by atoms with E-state index in [2.05, 4.69) is 10.6 Å². The molecule has 5 atom stereocenters. The maximum Gasteiger partial charge on any atom is 0.248 e. The van der Waals surface area contributed by atoms with Crippen molar-refractivity contribution in [3.8, 4) is 5.75 Å². The fraction of sp³-hybridized carbons (Fsp3) is 0.500. The summed E-state index contributed by atoms with van der Waals surface area (Å²) in [5, 5.41) is 15.3. The normalized spacial score (nSPS) is 26.9. The number of ether oxygens (including phenoxy) is 1. The number of hydrogen-bond acceptors (Lipinski definition) is 6. The Balaban J connectivity index is 1.37. The number of carbonyl (C=O) groups excluding carboxylic acids is 3. The number of thioether (sulfide) groups is 1. The second kappa shape index (κ2) is 12.0. The Hall–Kier alpha value is -3.04. The van der Waals surface area contributed by atoms with E-state index in [0.717, 1.165) is 44.1 Å². The largest absolute Gasteiger partial charge is 0.497 e. The number of aliphatic hydroxyl groups excluding tert-OH is 1. The maximum absolute atomic E-state index is 14.0. The molecule has 2 unspecified atom stereocenters. The van der Waals surface area contributed by atoms with E-state index in [1.807, 2.05) is 30.3 Å². The summed E-state index contributed by atoms with van der Waals surface area (Å²) < 4.78 is 4.62. The van der Waals surface area contributed by atoms with Crippen molar-refractivity contribution in [1.82, 2.24) is 10.2 Å². The summed E-state index contributed by atoms with van der Waals surface area (Å²) in [6.07, 6.45) is 4.77. The fourth-order valence-corrected chi connectivity index (χ4v) is 8.75. The van der Waals surface area contributed by atoms with Gasteiger partial charge in [-0.3, -0.25) is 14.4 Å². The summed E-state index contributed by atoms with van der Waals surface area (Å²) in [5.74, 6) is -0.653. The third-order valence-corrected chi connectivity index (χ3v) is 10.3. The van der Waals surface area contributed by atoms with Crippen molar-refractivity contribution < 1.29 is 24.2 Å². The van der Waals surface area contributed by atoms with Gasteiger partial charge in [-0.05, 0) is 55.5 Å². The highest BCUT2D eigenvalue weighted by molar-refractivity contribution is 8.02. The van der Waals surface area contributed by atoms with Gasteiger partial charge in [0.1, 0.15) is 11.8 Å². The topological polar surface area (TPSA) is 108 Å². The van der Waals surface area contributed by atoms with E-state index in [4.69, 9.17) is 9.84 Å². The maximum atomic E-state index is 14.0. The molecule has 3 heterocycles. The first-order valence-electron chi connectivity index (χ1n) is 13.8. The minimum Gasteiger partial charge on any atom is -0.497 e. The van der Waals surface area contributed by atoms with Gasteiger partial charge in [-0.15, -0.1) is 11.8 Å². The highest BCUT2D eigenvalue weighted by Crippen LogP contribution is 2.66. The number of aliphatic hydroxyl groups is 1. The molecule has 3 amide bonds. The fourth-order valence-electron chi connectivity index (χ4n) is 6.53. The van der Waals surface area contributed by atoms with E-state index in [9.17, 15) is 14.4 Å². The molecular formula is C30H37N3O5S. The highest BCUT2D eigenvalue weighted by atomic mass is 32.2. The SMILES string of the molecule is COc1ccc(NC(=O)C2N(CCCCCCO)C(=O)[C@@H]3[C@@H](C(=O)NCc4ccccc4)[C@H]4CCC23S4)cc1. The zero-order valence-corrected chi connectivity index (χ0v) is 23.1.